The number of benzene rings is 2. The highest BCUT2D eigenvalue weighted by atomic mass is 79.9. The molecule has 2 aliphatic rings. The summed E-state index contributed by atoms with van der Waals surface area (Å²) in [5.41, 5.74) is 1.38. The minimum atomic E-state index is -0.474. The molecule has 0 spiro atoms. The average molecular weight is 445 g/mol. The number of thioether (sulfide) groups is 1. The molecule has 1 amide bonds. The molecule has 0 bridgehead atoms. The normalized spacial score (nSPS) is 18.1. The van der Waals surface area contributed by atoms with E-state index in [9.17, 15) is 4.79 Å². The Labute approximate surface area is 169 Å². The Morgan fingerprint density at radius 2 is 2.11 bits per heavy atom. The van der Waals surface area contributed by atoms with Gasteiger partial charge in [-0.3, -0.25) is 15.1 Å². The first kappa shape index (κ1) is 18.1. The van der Waals surface area contributed by atoms with Gasteiger partial charge >= 0.3 is 0 Å². The molecule has 4 rings (SSSR count). The number of halogens is 1. The zero-order valence-electron chi connectivity index (χ0n) is 14.8. The number of nitrogens with zero attached hydrogens (tertiary/aromatic N) is 3. The van der Waals surface area contributed by atoms with Gasteiger partial charge in [0.2, 0.25) is 0 Å². The lowest BCUT2D eigenvalue weighted by molar-refractivity contribution is -0.116. The molecule has 0 aromatic heterocycles. The van der Waals surface area contributed by atoms with Crippen LogP contribution in [0.5, 0.6) is 5.75 Å². The molecule has 8 heteroatoms. The number of rotatable bonds is 3. The second kappa shape index (κ2) is 7.36. The van der Waals surface area contributed by atoms with Crippen LogP contribution in [0.3, 0.4) is 0 Å². The lowest BCUT2D eigenvalue weighted by atomic mass is 10.1. The SMILES string of the molecule is CCOc1ccc(Br)c([C@@H]2N=c3ccccc3=C3C(=O)NC(SC)=NN32)c1. The third kappa shape index (κ3) is 3.23. The van der Waals surface area contributed by atoms with E-state index in [4.69, 9.17) is 9.73 Å². The molecule has 2 heterocycles. The number of carbonyl (C=O) groups is 1. The average Bonchev–Trinajstić information content (AvgIpc) is 2.68. The van der Waals surface area contributed by atoms with E-state index in [0.717, 1.165) is 26.4 Å². The summed E-state index contributed by atoms with van der Waals surface area (Å²) >= 11 is 5.00. The van der Waals surface area contributed by atoms with Crippen LogP contribution in [0, 0.1) is 0 Å². The van der Waals surface area contributed by atoms with Crippen LogP contribution in [-0.4, -0.2) is 28.9 Å². The molecule has 2 aromatic carbocycles. The van der Waals surface area contributed by atoms with Crippen molar-refractivity contribution in [2.45, 2.75) is 13.1 Å². The summed E-state index contributed by atoms with van der Waals surface area (Å²) in [4.78, 5) is 17.7. The van der Waals surface area contributed by atoms with Crippen LogP contribution >= 0.6 is 27.7 Å². The summed E-state index contributed by atoms with van der Waals surface area (Å²) in [6.45, 7) is 2.52. The number of fused-ring (bicyclic) bond motifs is 2. The summed E-state index contributed by atoms with van der Waals surface area (Å²) in [6, 6.07) is 13.4. The molecule has 1 atom stereocenters. The maximum atomic E-state index is 12.8. The molecule has 0 saturated carbocycles. The Bertz CT molecular complexity index is 1070. The highest BCUT2D eigenvalue weighted by Gasteiger charge is 2.35. The second-order valence-electron chi connectivity index (χ2n) is 5.89. The predicted molar refractivity (Wildman–Crippen MR) is 110 cm³/mol. The number of amides is 1. The molecular weight excluding hydrogens is 428 g/mol. The van der Waals surface area contributed by atoms with Crippen molar-refractivity contribution >= 4 is 44.5 Å². The summed E-state index contributed by atoms with van der Waals surface area (Å²) in [5, 5.41) is 11.3. The maximum absolute atomic E-state index is 12.8. The van der Waals surface area contributed by atoms with Crippen LogP contribution in [-0.2, 0) is 4.79 Å². The van der Waals surface area contributed by atoms with Gasteiger partial charge in [0.05, 0.1) is 12.0 Å². The van der Waals surface area contributed by atoms with Crippen molar-refractivity contribution in [1.29, 1.82) is 0 Å². The number of hydrogen-bond acceptors (Lipinski definition) is 6. The number of hydrogen-bond donors (Lipinski definition) is 1. The van der Waals surface area contributed by atoms with Gasteiger partial charge in [-0.25, -0.2) is 5.01 Å². The van der Waals surface area contributed by atoms with Gasteiger partial charge in [0, 0.05) is 15.3 Å². The summed E-state index contributed by atoms with van der Waals surface area (Å²) in [6.07, 6.45) is 1.40. The fraction of sp³-hybridized carbons (Fsp3) is 0.211. The molecule has 0 aliphatic carbocycles. The fourth-order valence-electron chi connectivity index (χ4n) is 3.10. The van der Waals surface area contributed by atoms with Crippen LogP contribution < -0.4 is 20.6 Å². The van der Waals surface area contributed by atoms with Gasteiger partial charge in [0.15, 0.2) is 11.3 Å². The maximum Gasteiger partial charge on any atom is 0.276 e. The predicted octanol–water partition coefficient (Wildman–Crippen LogP) is 2.35. The first-order chi connectivity index (χ1) is 13.1. The Balaban J connectivity index is 1.96. The molecule has 0 radical (unpaired) electrons. The van der Waals surface area contributed by atoms with Crippen molar-refractivity contribution in [1.82, 2.24) is 10.3 Å². The number of para-hydroxylation sites is 1. The fourth-order valence-corrected chi connectivity index (χ4v) is 3.91. The zero-order valence-corrected chi connectivity index (χ0v) is 17.2. The second-order valence-corrected chi connectivity index (χ2v) is 7.54. The third-order valence-electron chi connectivity index (χ3n) is 4.27. The van der Waals surface area contributed by atoms with Crippen molar-refractivity contribution in [3.63, 3.8) is 0 Å². The molecule has 2 aromatic rings. The highest BCUT2D eigenvalue weighted by molar-refractivity contribution is 9.10. The standard InChI is InChI=1S/C19H17BrN4O2S/c1-3-26-11-8-9-14(20)13(10-11)17-21-15-7-5-4-6-12(15)16-18(25)22-19(27-2)23-24(16)17/h4-10,17H,3H2,1-2H3,(H,22,23,25)/t17-/m1/s1. The molecule has 0 fully saturated rings. The molecular formula is C19H17BrN4O2S. The molecule has 27 heavy (non-hydrogen) atoms. The van der Waals surface area contributed by atoms with Gasteiger partial charge in [0.1, 0.15) is 11.4 Å². The van der Waals surface area contributed by atoms with Gasteiger partial charge in [-0.15, -0.1) is 5.10 Å². The van der Waals surface area contributed by atoms with Crippen molar-refractivity contribution in [2.24, 2.45) is 10.1 Å². The highest BCUT2D eigenvalue weighted by Crippen LogP contribution is 2.36. The monoisotopic (exact) mass is 444 g/mol. The third-order valence-corrected chi connectivity index (χ3v) is 5.56. The minimum Gasteiger partial charge on any atom is -0.494 e. The largest absolute Gasteiger partial charge is 0.494 e. The Morgan fingerprint density at radius 3 is 2.89 bits per heavy atom. The van der Waals surface area contributed by atoms with Crippen LogP contribution in [0.25, 0.3) is 5.70 Å². The van der Waals surface area contributed by atoms with Gasteiger partial charge in [0.25, 0.3) is 5.91 Å². The van der Waals surface area contributed by atoms with Crippen LogP contribution in [0.2, 0.25) is 0 Å². The van der Waals surface area contributed by atoms with E-state index in [-0.39, 0.29) is 5.91 Å². The first-order valence-electron chi connectivity index (χ1n) is 8.45. The number of amidine groups is 1. The molecule has 0 unspecified atom stereocenters. The first-order valence-corrected chi connectivity index (χ1v) is 10.5. The summed E-state index contributed by atoms with van der Waals surface area (Å²) in [5.74, 6) is 0.570. The molecule has 138 valence electrons. The van der Waals surface area contributed by atoms with Crippen molar-refractivity contribution in [2.75, 3.05) is 12.9 Å². The molecule has 1 N–H and O–H groups in total. The number of nitrogens with one attached hydrogen (secondary N) is 1. The van der Waals surface area contributed by atoms with E-state index in [1.54, 1.807) is 5.01 Å². The van der Waals surface area contributed by atoms with E-state index < -0.39 is 6.17 Å². The Hall–Kier alpha value is -2.32. The summed E-state index contributed by atoms with van der Waals surface area (Å²) in [7, 11) is 0. The van der Waals surface area contributed by atoms with Gasteiger partial charge < -0.3 is 4.74 Å². The van der Waals surface area contributed by atoms with E-state index in [0.29, 0.717) is 17.5 Å². The van der Waals surface area contributed by atoms with Crippen molar-refractivity contribution in [3.8, 4) is 5.75 Å². The topological polar surface area (TPSA) is 66.3 Å². The molecule has 6 nitrogen and oxygen atoms in total. The van der Waals surface area contributed by atoms with Crippen LogP contribution in [0.15, 0.2) is 57.0 Å². The number of hydrazone groups is 1. The van der Waals surface area contributed by atoms with E-state index in [2.05, 4.69) is 26.3 Å². The van der Waals surface area contributed by atoms with E-state index >= 15 is 0 Å². The van der Waals surface area contributed by atoms with Crippen molar-refractivity contribution < 1.29 is 9.53 Å². The summed E-state index contributed by atoms with van der Waals surface area (Å²) < 4.78 is 6.53. The molecule has 0 saturated heterocycles. The van der Waals surface area contributed by atoms with Gasteiger partial charge in [-0.2, -0.15) is 0 Å². The van der Waals surface area contributed by atoms with E-state index in [1.165, 1.54) is 11.8 Å². The number of carbonyl (C=O) groups excluding carboxylic acids is 1. The van der Waals surface area contributed by atoms with Crippen molar-refractivity contribution in [3.05, 3.63) is 63.1 Å². The molecule has 2 aliphatic heterocycles. The van der Waals surface area contributed by atoms with Gasteiger partial charge in [-0.1, -0.05) is 45.9 Å². The smallest absolute Gasteiger partial charge is 0.276 e. The zero-order chi connectivity index (χ0) is 19.0. The van der Waals surface area contributed by atoms with Crippen LogP contribution in [0.1, 0.15) is 18.7 Å². The quantitative estimate of drug-likeness (QED) is 0.788. The Kier molecular flexibility index (Phi) is 4.92. The van der Waals surface area contributed by atoms with Crippen LogP contribution in [0.4, 0.5) is 0 Å². The minimum absolute atomic E-state index is 0.182. The lowest BCUT2D eigenvalue weighted by Crippen LogP contribution is -2.50. The van der Waals surface area contributed by atoms with Gasteiger partial charge in [-0.05, 0) is 37.4 Å². The Morgan fingerprint density at radius 1 is 1.30 bits per heavy atom. The van der Waals surface area contributed by atoms with E-state index in [1.807, 2.05) is 55.6 Å². The lowest BCUT2D eigenvalue weighted by Gasteiger charge is -2.34. The number of ether oxygens (including phenoxy) is 1.